The summed E-state index contributed by atoms with van der Waals surface area (Å²) in [5.41, 5.74) is 2.38. The minimum Gasteiger partial charge on any atom is -0.456 e. The molecule has 0 saturated heterocycles. The minimum atomic E-state index is -0.0991. The zero-order valence-corrected chi connectivity index (χ0v) is 15.6. The first-order valence-corrected chi connectivity index (χ1v) is 9.49. The minimum absolute atomic E-state index is 0.0991. The summed E-state index contributed by atoms with van der Waals surface area (Å²) in [6.45, 7) is 6.24. The summed E-state index contributed by atoms with van der Waals surface area (Å²) >= 11 is 1.35. The van der Waals surface area contributed by atoms with E-state index in [4.69, 9.17) is 4.42 Å². The van der Waals surface area contributed by atoms with Crippen molar-refractivity contribution in [2.75, 3.05) is 11.1 Å². The second kappa shape index (κ2) is 7.28. The first kappa shape index (κ1) is 17.4. The number of furan rings is 1. The smallest absolute Gasteiger partial charge is 0.234 e. The number of nitrogens with zero attached hydrogens (tertiary/aromatic N) is 3. The second-order valence-electron chi connectivity index (χ2n) is 6.08. The van der Waals surface area contributed by atoms with Crippen LogP contribution >= 0.6 is 11.8 Å². The molecule has 0 unspecified atom stereocenters. The topological polar surface area (TPSA) is 73.0 Å². The van der Waals surface area contributed by atoms with Crippen LogP contribution in [0.15, 0.2) is 64.7 Å². The number of nitrogens with one attached hydrogen (secondary N) is 1. The number of rotatable bonds is 6. The van der Waals surface area contributed by atoms with Gasteiger partial charge in [0.25, 0.3) is 0 Å². The molecule has 0 aliphatic carbocycles. The third kappa shape index (κ3) is 3.46. The van der Waals surface area contributed by atoms with Crippen LogP contribution in [0, 0.1) is 6.92 Å². The Labute approximate surface area is 160 Å². The molecular weight excluding hydrogens is 360 g/mol. The molecule has 0 bridgehead atoms. The summed E-state index contributed by atoms with van der Waals surface area (Å²) in [7, 11) is 0. The highest BCUT2D eigenvalue weighted by molar-refractivity contribution is 7.99. The maximum atomic E-state index is 12.4. The molecule has 4 rings (SSSR count). The molecule has 136 valence electrons. The molecule has 4 aromatic rings. The Morgan fingerprint density at radius 2 is 2.04 bits per heavy atom. The lowest BCUT2D eigenvalue weighted by molar-refractivity contribution is -0.113. The Balaban J connectivity index is 1.48. The molecule has 7 heteroatoms. The van der Waals surface area contributed by atoms with Crippen molar-refractivity contribution in [1.29, 1.82) is 0 Å². The lowest BCUT2D eigenvalue weighted by Gasteiger charge is -2.06. The third-order valence-corrected chi connectivity index (χ3v) is 5.17. The predicted molar refractivity (Wildman–Crippen MR) is 108 cm³/mol. The van der Waals surface area contributed by atoms with Crippen LogP contribution in [0.5, 0.6) is 0 Å². The average molecular weight is 378 g/mol. The van der Waals surface area contributed by atoms with Gasteiger partial charge in [-0.2, -0.15) is 0 Å². The Morgan fingerprint density at radius 3 is 2.89 bits per heavy atom. The molecular formula is C20H18N4O2S. The largest absolute Gasteiger partial charge is 0.456 e. The summed E-state index contributed by atoms with van der Waals surface area (Å²) < 4.78 is 7.74. The van der Waals surface area contributed by atoms with Crippen LogP contribution in [-0.2, 0) is 11.3 Å². The van der Waals surface area contributed by atoms with Crippen molar-refractivity contribution in [3.05, 3.63) is 60.9 Å². The van der Waals surface area contributed by atoms with Gasteiger partial charge in [-0.15, -0.1) is 16.8 Å². The molecule has 0 fully saturated rings. The van der Waals surface area contributed by atoms with Gasteiger partial charge in [0, 0.05) is 23.0 Å². The Bertz CT molecular complexity index is 1150. The van der Waals surface area contributed by atoms with Gasteiger partial charge in [-0.05, 0) is 31.2 Å². The number of benzene rings is 2. The summed E-state index contributed by atoms with van der Waals surface area (Å²) in [4.78, 5) is 12.4. The van der Waals surface area contributed by atoms with E-state index >= 15 is 0 Å². The molecule has 0 aliphatic rings. The number of allylic oxidation sites excluding steroid dienone is 1. The first-order chi connectivity index (χ1) is 13.2. The monoisotopic (exact) mass is 378 g/mol. The number of anilines is 1. The highest BCUT2D eigenvalue weighted by Gasteiger charge is 2.12. The maximum absolute atomic E-state index is 12.4. The number of fused-ring (bicyclic) bond motifs is 3. The predicted octanol–water partition coefficient (Wildman–Crippen LogP) is 4.40. The highest BCUT2D eigenvalue weighted by atomic mass is 32.2. The second-order valence-corrected chi connectivity index (χ2v) is 7.02. The molecule has 0 saturated carbocycles. The van der Waals surface area contributed by atoms with Gasteiger partial charge >= 0.3 is 0 Å². The van der Waals surface area contributed by atoms with Gasteiger partial charge in [0.15, 0.2) is 5.16 Å². The van der Waals surface area contributed by atoms with Gasteiger partial charge in [0.2, 0.25) is 5.91 Å². The lowest BCUT2D eigenvalue weighted by Crippen LogP contribution is -2.14. The van der Waals surface area contributed by atoms with Gasteiger partial charge in [-0.1, -0.05) is 36.0 Å². The molecule has 2 aromatic carbocycles. The summed E-state index contributed by atoms with van der Waals surface area (Å²) in [6.07, 6.45) is 1.78. The van der Waals surface area contributed by atoms with Crippen LogP contribution < -0.4 is 5.32 Å². The van der Waals surface area contributed by atoms with E-state index in [1.165, 1.54) is 11.8 Å². The van der Waals surface area contributed by atoms with E-state index in [1.54, 1.807) is 6.08 Å². The van der Waals surface area contributed by atoms with Crippen molar-refractivity contribution in [2.24, 2.45) is 0 Å². The number of carbonyl (C=O) groups excluding carboxylic acids is 1. The molecule has 1 N–H and O–H groups in total. The van der Waals surface area contributed by atoms with Gasteiger partial charge in [0.05, 0.1) is 5.75 Å². The van der Waals surface area contributed by atoms with E-state index < -0.39 is 0 Å². The van der Waals surface area contributed by atoms with Crippen LogP contribution in [0.3, 0.4) is 0 Å². The Morgan fingerprint density at radius 1 is 1.22 bits per heavy atom. The Kier molecular flexibility index (Phi) is 4.68. The number of hydrogen-bond acceptors (Lipinski definition) is 5. The number of aryl methyl sites for hydroxylation is 1. The van der Waals surface area contributed by atoms with Gasteiger partial charge in [-0.3, -0.25) is 4.79 Å². The van der Waals surface area contributed by atoms with Crippen molar-refractivity contribution >= 4 is 45.3 Å². The van der Waals surface area contributed by atoms with E-state index in [0.29, 0.717) is 11.7 Å². The molecule has 6 nitrogen and oxygen atoms in total. The molecule has 0 aliphatic heterocycles. The van der Waals surface area contributed by atoms with Crippen molar-refractivity contribution in [1.82, 2.24) is 14.8 Å². The van der Waals surface area contributed by atoms with Crippen LogP contribution in [0.4, 0.5) is 5.69 Å². The van der Waals surface area contributed by atoms with Crippen molar-refractivity contribution in [2.45, 2.75) is 18.6 Å². The van der Waals surface area contributed by atoms with E-state index in [1.807, 2.05) is 54.0 Å². The van der Waals surface area contributed by atoms with E-state index in [2.05, 4.69) is 22.1 Å². The van der Waals surface area contributed by atoms with Gasteiger partial charge in [0.1, 0.15) is 17.0 Å². The molecule has 27 heavy (non-hydrogen) atoms. The summed E-state index contributed by atoms with van der Waals surface area (Å²) in [5.74, 6) is 0.951. The number of thioether (sulfide) groups is 1. The first-order valence-electron chi connectivity index (χ1n) is 8.50. The van der Waals surface area contributed by atoms with Crippen LogP contribution in [0.1, 0.15) is 5.82 Å². The third-order valence-electron chi connectivity index (χ3n) is 4.21. The zero-order valence-electron chi connectivity index (χ0n) is 14.8. The Hall–Kier alpha value is -3.06. The zero-order chi connectivity index (χ0) is 18.8. The van der Waals surface area contributed by atoms with Crippen molar-refractivity contribution in [3.8, 4) is 0 Å². The average Bonchev–Trinajstić information content (AvgIpc) is 3.21. The highest BCUT2D eigenvalue weighted by Crippen LogP contribution is 2.30. The van der Waals surface area contributed by atoms with E-state index in [0.717, 1.165) is 33.5 Å². The van der Waals surface area contributed by atoms with Gasteiger partial charge < -0.3 is 14.3 Å². The maximum Gasteiger partial charge on any atom is 0.234 e. The van der Waals surface area contributed by atoms with Crippen LogP contribution in [0.2, 0.25) is 0 Å². The fraction of sp³-hybridized carbons (Fsp3) is 0.150. The number of aromatic nitrogens is 3. The molecule has 1 amide bonds. The molecule has 2 aromatic heterocycles. The number of hydrogen-bond donors (Lipinski definition) is 1. The standard InChI is InChI=1S/C20H18N4O2S/c1-3-10-24-13(2)22-23-20(24)27-12-19(25)21-14-8-9-18-16(11-14)15-6-4-5-7-17(15)26-18/h3-9,11H,1,10,12H2,2H3,(H,21,25). The summed E-state index contributed by atoms with van der Waals surface area (Å²) in [5, 5.41) is 13.8. The number of amides is 1. The molecule has 2 heterocycles. The van der Waals surface area contributed by atoms with Crippen LogP contribution in [-0.4, -0.2) is 26.4 Å². The van der Waals surface area contributed by atoms with Crippen molar-refractivity contribution < 1.29 is 9.21 Å². The van der Waals surface area contributed by atoms with E-state index in [9.17, 15) is 4.79 Å². The number of para-hydroxylation sites is 1. The van der Waals surface area contributed by atoms with Crippen molar-refractivity contribution in [3.63, 3.8) is 0 Å². The summed E-state index contributed by atoms with van der Waals surface area (Å²) in [6, 6.07) is 13.5. The lowest BCUT2D eigenvalue weighted by atomic mass is 10.1. The SMILES string of the molecule is C=CCn1c(C)nnc1SCC(=O)Nc1ccc2oc3ccccc3c2c1. The molecule has 0 atom stereocenters. The fourth-order valence-corrected chi connectivity index (χ4v) is 3.73. The van der Waals surface area contributed by atoms with Gasteiger partial charge in [-0.25, -0.2) is 0 Å². The quantitative estimate of drug-likeness (QED) is 0.398. The van der Waals surface area contributed by atoms with E-state index in [-0.39, 0.29) is 11.7 Å². The van der Waals surface area contributed by atoms with Crippen LogP contribution in [0.25, 0.3) is 21.9 Å². The molecule has 0 radical (unpaired) electrons. The molecule has 0 spiro atoms. The number of carbonyl (C=O) groups is 1. The normalized spacial score (nSPS) is 11.1. The fourth-order valence-electron chi connectivity index (χ4n) is 2.94.